The number of amides is 1. The second kappa shape index (κ2) is 7.79. The van der Waals surface area contributed by atoms with Crippen LogP contribution < -0.4 is 10.2 Å². The van der Waals surface area contributed by atoms with Gasteiger partial charge < -0.3 is 10.2 Å². The maximum Gasteiger partial charge on any atom is 0.286 e. The lowest BCUT2D eigenvalue weighted by atomic mass is 10.1. The number of carbonyl (C=O) groups is 1. The van der Waals surface area contributed by atoms with E-state index in [1.54, 1.807) is 19.1 Å². The first-order valence-electron chi connectivity index (χ1n) is 8.42. The molecule has 0 radical (unpaired) electrons. The van der Waals surface area contributed by atoms with Crippen LogP contribution in [0.1, 0.15) is 56.8 Å². The number of benzene rings is 1. The molecule has 0 fully saturated rings. The minimum Gasteiger partial charge on any atom is -0.352 e. The molecule has 2 rings (SSSR count). The molecule has 6 nitrogen and oxygen atoms in total. The molecule has 132 valence electrons. The summed E-state index contributed by atoms with van der Waals surface area (Å²) >= 11 is 0. The highest BCUT2D eigenvalue weighted by molar-refractivity contribution is 7.90. The number of rotatable bonds is 7. The fourth-order valence-corrected chi connectivity index (χ4v) is 3.98. The molecule has 0 saturated carbocycles. The molecular weight excluding hydrogens is 326 g/mol. The lowest BCUT2D eigenvalue weighted by Gasteiger charge is -2.29. The molecule has 7 heteroatoms. The average Bonchev–Trinajstić information content (AvgIpc) is 2.54. The van der Waals surface area contributed by atoms with Gasteiger partial charge in [0.1, 0.15) is 10.7 Å². The van der Waals surface area contributed by atoms with Crippen LogP contribution in [0.3, 0.4) is 0 Å². The van der Waals surface area contributed by atoms with Gasteiger partial charge in [-0.2, -0.15) is 8.42 Å². The molecule has 0 bridgehead atoms. The molecule has 1 amide bonds. The smallest absolute Gasteiger partial charge is 0.286 e. The van der Waals surface area contributed by atoms with Gasteiger partial charge in [-0.3, -0.25) is 4.79 Å². The van der Waals surface area contributed by atoms with Gasteiger partial charge in [-0.05, 0) is 38.0 Å². The Morgan fingerprint density at radius 3 is 2.62 bits per heavy atom. The summed E-state index contributed by atoms with van der Waals surface area (Å²) in [5.41, 5.74) is 0.937. The van der Waals surface area contributed by atoms with Crippen molar-refractivity contribution < 1.29 is 13.2 Å². The molecule has 0 atom stereocenters. The minimum atomic E-state index is -3.76. The average molecular weight is 351 g/mol. The zero-order valence-corrected chi connectivity index (χ0v) is 15.3. The van der Waals surface area contributed by atoms with E-state index in [1.807, 2.05) is 11.8 Å². The molecule has 0 saturated heterocycles. The van der Waals surface area contributed by atoms with Crippen molar-refractivity contribution in [1.82, 2.24) is 5.32 Å². The highest BCUT2D eigenvalue weighted by Crippen LogP contribution is 2.32. The van der Waals surface area contributed by atoms with Crippen molar-refractivity contribution in [3.8, 4) is 0 Å². The maximum atomic E-state index is 12.4. The molecule has 1 aliphatic rings. The summed E-state index contributed by atoms with van der Waals surface area (Å²) in [6.07, 6.45) is 3.92. The number of amidine groups is 1. The topological polar surface area (TPSA) is 78.8 Å². The Hall–Kier alpha value is -1.89. The Morgan fingerprint density at radius 1 is 1.21 bits per heavy atom. The lowest BCUT2D eigenvalue weighted by Crippen LogP contribution is -2.34. The van der Waals surface area contributed by atoms with E-state index < -0.39 is 10.0 Å². The maximum absolute atomic E-state index is 12.4. The van der Waals surface area contributed by atoms with E-state index in [1.165, 1.54) is 6.07 Å². The SMILES string of the molecule is CCCCCNC(=O)c1ccc2c(c1)S(=O)(=O)N=C(C)N2CCC. The van der Waals surface area contributed by atoms with E-state index in [0.29, 0.717) is 30.2 Å². The van der Waals surface area contributed by atoms with Crippen molar-refractivity contribution in [2.45, 2.75) is 51.3 Å². The van der Waals surface area contributed by atoms with Gasteiger partial charge in [0.05, 0.1) is 5.69 Å². The molecule has 1 aromatic carbocycles. The van der Waals surface area contributed by atoms with Crippen LogP contribution >= 0.6 is 0 Å². The molecule has 0 aromatic heterocycles. The largest absolute Gasteiger partial charge is 0.352 e. The van der Waals surface area contributed by atoms with Crippen LogP contribution in [0.25, 0.3) is 0 Å². The van der Waals surface area contributed by atoms with Crippen LogP contribution in [0.2, 0.25) is 0 Å². The van der Waals surface area contributed by atoms with Crippen LogP contribution in [0.15, 0.2) is 27.5 Å². The van der Waals surface area contributed by atoms with Crippen molar-refractivity contribution in [2.75, 3.05) is 18.0 Å². The number of unbranched alkanes of at least 4 members (excludes halogenated alkanes) is 2. The highest BCUT2D eigenvalue weighted by atomic mass is 32.2. The van der Waals surface area contributed by atoms with Gasteiger partial charge in [-0.15, -0.1) is 4.40 Å². The Morgan fingerprint density at radius 2 is 1.96 bits per heavy atom. The molecule has 24 heavy (non-hydrogen) atoms. The molecule has 0 unspecified atom stereocenters. The summed E-state index contributed by atoms with van der Waals surface area (Å²) < 4.78 is 28.5. The fraction of sp³-hybridized carbons (Fsp3) is 0.529. The molecule has 1 heterocycles. The van der Waals surface area contributed by atoms with E-state index in [-0.39, 0.29) is 10.8 Å². The third-order valence-electron chi connectivity index (χ3n) is 3.95. The number of nitrogens with one attached hydrogen (secondary N) is 1. The Balaban J connectivity index is 2.28. The standard InChI is InChI=1S/C17H25N3O3S/c1-4-6-7-10-18-17(21)14-8-9-15-16(12-14)24(22,23)19-13(3)20(15)11-5-2/h8-9,12H,4-7,10-11H2,1-3H3,(H,18,21). The number of nitrogens with zero attached hydrogens (tertiary/aromatic N) is 2. The molecule has 0 spiro atoms. The summed E-state index contributed by atoms with van der Waals surface area (Å²) in [5, 5.41) is 2.83. The predicted octanol–water partition coefficient (Wildman–Crippen LogP) is 2.94. The van der Waals surface area contributed by atoms with E-state index in [2.05, 4.69) is 16.6 Å². The minimum absolute atomic E-state index is 0.0998. The van der Waals surface area contributed by atoms with Gasteiger partial charge in [0.2, 0.25) is 0 Å². The number of anilines is 1. The molecule has 0 aliphatic carbocycles. The van der Waals surface area contributed by atoms with Crippen LogP contribution in [0.5, 0.6) is 0 Å². The Bertz CT molecular complexity index is 741. The summed E-state index contributed by atoms with van der Waals surface area (Å²) in [7, 11) is -3.76. The zero-order valence-electron chi connectivity index (χ0n) is 14.5. The first-order valence-corrected chi connectivity index (χ1v) is 9.86. The normalized spacial score (nSPS) is 15.6. The summed E-state index contributed by atoms with van der Waals surface area (Å²) in [6, 6.07) is 4.80. The van der Waals surface area contributed by atoms with Gasteiger partial charge in [0.15, 0.2) is 0 Å². The van der Waals surface area contributed by atoms with Crippen molar-refractivity contribution >= 4 is 27.5 Å². The van der Waals surface area contributed by atoms with Crippen LogP contribution in [-0.2, 0) is 10.0 Å². The molecule has 1 aromatic rings. The predicted molar refractivity (Wildman–Crippen MR) is 96.2 cm³/mol. The third kappa shape index (κ3) is 3.95. The van der Waals surface area contributed by atoms with Crippen molar-refractivity contribution in [1.29, 1.82) is 0 Å². The van der Waals surface area contributed by atoms with E-state index in [9.17, 15) is 13.2 Å². The van der Waals surface area contributed by atoms with Crippen molar-refractivity contribution in [3.05, 3.63) is 23.8 Å². The van der Waals surface area contributed by atoms with E-state index in [4.69, 9.17) is 0 Å². The monoisotopic (exact) mass is 351 g/mol. The number of carbonyl (C=O) groups excluding carboxylic acids is 1. The lowest BCUT2D eigenvalue weighted by molar-refractivity contribution is 0.0953. The van der Waals surface area contributed by atoms with E-state index in [0.717, 1.165) is 25.7 Å². The summed E-state index contributed by atoms with van der Waals surface area (Å²) in [5.74, 6) is 0.207. The van der Waals surface area contributed by atoms with Gasteiger partial charge in [-0.25, -0.2) is 0 Å². The Labute approximate surface area is 144 Å². The number of hydrogen-bond acceptors (Lipinski definition) is 4. The van der Waals surface area contributed by atoms with E-state index >= 15 is 0 Å². The van der Waals surface area contributed by atoms with Crippen LogP contribution in [0, 0.1) is 0 Å². The quantitative estimate of drug-likeness (QED) is 0.766. The van der Waals surface area contributed by atoms with Crippen LogP contribution in [-0.4, -0.2) is 33.3 Å². The molecule has 1 aliphatic heterocycles. The van der Waals surface area contributed by atoms with Gasteiger partial charge in [0, 0.05) is 18.7 Å². The summed E-state index contributed by atoms with van der Waals surface area (Å²) in [6.45, 7) is 7.08. The first-order chi connectivity index (χ1) is 11.4. The second-order valence-corrected chi connectivity index (χ2v) is 7.48. The highest BCUT2D eigenvalue weighted by Gasteiger charge is 2.29. The molecule has 1 N–H and O–H groups in total. The van der Waals surface area contributed by atoms with Crippen LogP contribution in [0.4, 0.5) is 5.69 Å². The van der Waals surface area contributed by atoms with Gasteiger partial charge in [0.25, 0.3) is 15.9 Å². The number of sulfonamides is 1. The fourth-order valence-electron chi connectivity index (χ4n) is 2.72. The van der Waals surface area contributed by atoms with Crippen molar-refractivity contribution in [3.63, 3.8) is 0 Å². The Kier molecular flexibility index (Phi) is 5.99. The second-order valence-electron chi connectivity index (χ2n) is 5.91. The third-order valence-corrected chi connectivity index (χ3v) is 5.33. The zero-order chi connectivity index (χ0) is 17.7. The molecular formula is C17H25N3O3S. The number of hydrogen-bond donors (Lipinski definition) is 1. The van der Waals surface area contributed by atoms with Gasteiger partial charge in [-0.1, -0.05) is 26.7 Å². The summed E-state index contributed by atoms with van der Waals surface area (Å²) in [4.78, 5) is 14.2. The van der Waals surface area contributed by atoms with Crippen molar-refractivity contribution in [2.24, 2.45) is 4.40 Å². The first kappa shape index (κ1) is 18.4. The number of fused-ring (bicyclic) bond motifs is 1. The van der Waals surface area contributed by atoms with Gasteiger partial charge >= 0.3 is 0 Å².